The maximum Gasteiger partial charge on any atom is 0.130 e. The Kier molecular flexibility index (Phi) is 4.15. The zero-order chi connectivity index (χ0) is 12.3. The van der Waals surface area contributed by atoms with Crippen molar-refractivity contribution in [3.8, 4) is 0 Å². The third kappa shape index (κ3) is 3.53. The molecule has 5 heteroatoms. The van der Waals surface area contributed by atoms with Gasteiger partial charge in [0.05, 0.1) is 0 Å². The van der Waals surface area contributed by atoms with E-state index in [-0.39, 0.29) is 0 Å². The van der Waals surface area contributed by atoms with Gasteiger partial charge in [-0.05, 0) is 35.9 Å². The summed E-state index contributed by atoms with van der Waals surface area (Å²) in [5, 5.41) is 1.06. The van der Waals surface area contributed by atoms with Gasteiger partial charge < -0.3 is 5.73 Å². The van der Waals surface area contributed by atoms with Crippen LogP contribution in [0.1, 0.15) is 5.56 Å². The highest BCUT2D eigenvalue weighted by atomic mass is 35.5. The normalized spacial score (nSPS) is 10.5. The van der Waals surface area contributed by atoms with Crippen molar-refractivity contribution in [2.45, 2.75) is 10.6 Å². The van der Waals surface area contributed by atoms with Gasteiger partial charge in [0, 0.05) is 27.6 Å². The van der Waals surface area contributed by atoms with E-state index in [4.69, 9.17) is 28.9 Å². The topological polar surface area (TPSA) is 38.9 Å². The van der Waals surface area contributed by atoms with Gasteiger partial charge in [0.25, 0.3) is 0 Å². The Hall–Kier alpha value is -0.900. The Balaban J connectivity index is 2.04. The van der Waals surface area contributed by atoms with Crippen LogP contribution in [0, 0.1) is 0 Å². The highest BCUT2D eigenvalue weighted by Crippen LogP contribution is 2.27. The van der Waals surface area contributed by atoms with E-state index in [2.05, 4.69) is 4.98 Å². The number of hydrogen-bond donors (Lipinski definition) is 1. The van der Waals surface area contributed by atoms with Gasteiger partial charge in [-0.3, -0.25) is 0 Å². The molecule has 2 aromatic rings. The highest BCUT2D eigenvalue weighted by molar-refractivity contribution is 7.98. The van der Waals surface area contributed by atoms with Crippen molar-refractivity contribution in [3.05, 3.63) is 52.3 Å². The molecule has 1 aromatic heterocycles. The van der Waals surface area contributed by atoms with Crippen LogP contribution < -0.4 is 5.73 Å². The van der Waals surface area contributed by atoms with Gasteiger partial charge in [0.2, 0.25) is 0 Å². The molecule has 0 saturated heterocycles. The number of aromatic nitrogens is 1. The van der Waals surface area contributed by atoms with Gasteiger partial charge in [0.1, 0.15) is 5.15 Å². The lowest BCUT2D eigenvalue weighted by Gasteiger charge is -2.04. The van der Waals surface area contributed by atoms with Crippen LogP contribution >= 0.6 is 35.0 Å². The first-order chi connectivity index (χ1) is 8.15. The molecular weight excluding hydrogens is 275 g/mol. The molecule has 2 N–H and O–H groups in total. The van der Waals surface area contributed by atoms with Crippen LogP contribution in [0.4, 0.5) is 5.69 Å². The Morgan fingerprint density at radius 1 is 1.18 bits per heavy atom. The lowest BCUT2D eigenvalue weighted by atomic mass is 10.3. The van der Waals surface area contributed by atoms with Crippen LogP contribution in [0.3, 0.4) is 0 Å². The lowest BCUT2D eigenvalue weighted by molar-refractivity contribution is 1.25. The number of benzene rings is 1. The number of halogens is 2. The zero-order valence-corrected chi connectivity index (χ0v) is 11.2. The lowest BCUT2D eigenvalue weighted by Crippen LogP contribution is -1.86. The van der Waals surface area contributed by atoms with Crippen molar-refractivity contribution in [1.82, 2.24) is 4.98 Å². The van der Waals surface area contributed by atoms with Gasteiger partial charge in [0.15, 0.2) is 0 Å². The second-order valence-electron chi connectivity index (χ2n) is 3.46. The third-order valence-corrected chi connectivity index (χ3v) is 3.79. The summed E-state index contributed by atoms with van der Waals surface area (Å²) in [4.78, 5) is 5.16. The highest BCUT2D eigenvalue weighted by Gasteiger charge is 2.03. The largest absolute Gasteiger partial charge is 0.399 e. The third-order valence-electron chi connectivity index (χ3n) is 2.17. The Labute approximate surface area is 114 Å². The van der Waals surface area contributed by atoms with Gasteiger partial charge in [-0.1, -0.05) is 23.2 Å². The second-order valence-corrected chi connectivity index (χ2v) is 5.30. The van der Waals surface area contributed by atoms with E-state index < -0.39 is 0 Å². The van der Waals surface area contributed by atoms with Crippen molar-refractivity contribution in [2.75, 3.05) is 5.73 Å². The molecule has 2 rings (SSSR count). The molecule has 0 aliphatic heterocycles. The fourth-order valence-corrected chi connectivity index (χ4v) is 2.66. The molecule has 0 saturated carbocycles. The molecule has 2 nitrogen and oxygen atoms in total. The van der Waals surface area contributed by atoms with Crippen molar-refractivity contribution in [3.63, 3.8) is 0 Å². The summed E-state index contributed by atoms with van der Waals surface area (Å²) < 4.78 is 0. The first-order valence-corrected chi connectivity index (χ1v) is 6.67. The van der Waals surface area contributed by atoms with E-state index in [1.807, 2.05) is 24.3 Å². The van der Waals surface area contributed by atoms with Crippen LogP contribution in [0.25, 0.3) is 0 Å². The first kappa shape index (κ1) is 12.6. The summed E-state index contributed by atoms with van der Waals surface area (Å²) in [6, 6.07) is 9.38. The summed E-state index contributed by atoms with van der Waals surface area (Å²) in [6.45, 7) is 0. The van der Waals surface area contributed by atoms with Gasteiger partial charge in [-0.2, -0.15) is 0 Å². The molecule has 0 unspecified atom stereocenters. The van der Waals surface area contributed by atoms with E-state index in [0.717, 1.165) is 21.9 Å². The minimum Gasteiger partial charge on any atom is -0.399 e. The van der Waals surface area contributed by atoms with Crippen molar-refractivity contribution in [1.29, 1.82) is 0 Å². The summed E-state index contributed by atoms with van der Waals surface area (Å²) >= 11 is 13.5. The molecule has 88 valence electrons. The number of rotatable bonds is 3. The summed E-state index contributed by atoms with van der Waals surface area (Å²) in [5.41, 5.74) is 7.35. The predicted octanol–water partition coefficient (Wildman–Crippen LogP) is 4.26. The molecule has 1 aromatic carbocycles. The number of nitrogens with zero attached hydrogens (tertiary/aromatic N) is 1. The molecule has 0 aliphatic carbocycles. The maximum absolute atomic E-state index is 6.06. The van der Waals surface area contributed by atoms with Gasteiger partial charge in [-0.15, -0.1) is 11.8 Å². The first-order valence-electron chi connectivity index (χ1n) is 4.93. The van der Waals surface area contributed by atoms with E-state index >= 15 is 0 Å². The minimum absolute atomic E-state index is 0.413. The quantitative estimate of drug-likeness (QED) is 0.520. The van der Waals surface area contributed by atoms with Crippen molar-refractivity contribution >= 4 is 40.7 Å². The molecule has 0 aliphatic rings. The number of thioether (sulfide) groups is 1. The fraction of sp³-hybridized carbons (Fsp3) is 0.0833. The average Bonchev–Trinajstić information content (AvgIpc) is 2.30. The monoisotopic (exact) mass is 284 g/mol. The molecule has 0 fully saturated rings. The number of nitrogen functional groups attached to an aromatic ring is 1. The van der Waals surface area contributed by atoms with Crippen LogP contribution in [0.15, 0.2) is 41.4 Å². The van der Waals surface area contributed by atoms with Crippen molar-refractivity contribution < 1.29 is 0 Å². The second kappa shape index (κ2) is 5.63. The standard InChI is InChI=1S/C12H10Cl2N2S/c13-11-5-12(14)16-6-8(11)7-17-10-3-1-9(15)2-4-10/h1-6H,7,15H2. The number of anilines is 1. The van der Waals surface area contributed by atoms with E-state index in [1.54, 1.807) is 24.0 Å². The molecular formula is C12H10Cl2N2S. The summed E-state index contributed by atoms with van der Waals surface area (Å²) in [6.07, 6.45) is 1.70. The molecule has 0 radical (unpaired) electrons. The van der Waals surface area contributed by atoms with Crippen molar-refractivity contribution in [2.24, 2.45) is 0 Å². The fourth-order valence-electron chi connectivity index (χ4n) is 1.27. The summed E-state index contributed by atoms with van der Waals surface area (Å²) in [5.74, 6) is 0.757. The van der Waals surface area contributed by atoms with Gasteiger partial charge in [-0.25, -0.2) is 4.98 Å². The molecule has 0 bridgehead atoms. The Bertz CT molecular complexity index is 514. The molecule has 0 spiro atoms. The predicted molar refractivity (Wildman–Crippen MR) is 74.7 cm³/mol. The van der Waals surface area contributed by atoms with Crippen LogP contribution in [-0.2, 0) is 5.75 Å². The number of hydrogen-bond acceptors (Lipinski definition) is 3. The Morgan fingerprint density at radius 2 is 1.88 bits per heavy atom. The minimum atomic E-state index is 0.413. The maximum atomic E-state index is 6.06. The SMILES string of the molecule is Nc1ccc(SCc2cnc(Cl)cc2Cl)cc1. The summed E-state index contributed by atoms with van der Waals surface area (Å²) in [7, 11) is 0. The number of pyridine rings is 1. The van der Waals surface area contributed by atoms with E-state index in [1.165, 1.54) is 0 Å². The molecule has 0 atom stereocenters. The van der Waals surface area contributed by atoms with Gasteiger partial charge >= 0.3 is 0 Å². The van der Waals surface area contributed by atoms with E-state index in [0.29, 0.717) is 10.2 Å². The van der Waals surface area contributed by atoms with E-state index in [9.17, 15) is 0 Å². The smallest absolute Gasteiger partial charge is 0.130 e. The van der Waals surface area contributed by atoms with Crippen LogP contribution in [0.2, 0.25) is 10.2 Å². The molecule has 17 heavy (non-hydrogen) atoms. The Morgan fingerprint density at radius 3 is 2.53 bits per heavy atom. The zero-order valence-electron chi connectivity index (χ0n) is 8.86. The van der Waals surface area contributed by atoms with Crippen LogP contribution in [0.5, 0.6) is 0 Å². The number of nitrogens with two attached hydrogens (primary N) is 1. The molecule has 1 heterocycles. The van der Waals surface area contributed by atoms with Crippen LogP contribution in [-0.4, -0.2) is 4.98 Å². The average molecular weight is 285 g/mol. The molecule has 0 amide bonds.